The molecule has 0 aliphatic heterocycles. The number of esters is 2. The summed E-state index contributed by atoms with van der Waals surface area (Å²) in [5.74, 6) is -1.91. The maximum absolute atomic E-state index is 11.3. The second kappa shape index (κ2) is 9.54. The van der Waals surface area contributed by atoms with Gasteiger partial charge in [0.2, 0.25) is 0 Å². The average Bonchev–Trinajstić information content (AvgIpc) is 2.30. The molecular weight excluding hydrogens is 224 g/mol. The molecule has 0 heterocycles. The Bertz CT molecular complexity index is 285. The van der Waals surface area contributed by atoms with Gasteiger partial charge in [0.25, 0.3) is 0 Å². The molecule has 17 heavy (non-hydrogen) atoms. The summed E-state index contributed by atoms with van der Waals surface area (Å²) in [4.78, 5) is 25.2. The minimum Gasteiger partial charge on any atom is -0.457 e. The molecule has 0 aromatic carbocycles. The molecule has 0 N–H and O–H groups in total. The van der Waals surface area contributed by atoms with Gasteiger partial charge in [0.15, 0.2) is 0 Å². The number of nitrogens with zero attached hydrogens (tertiary/aromatic N) is 2. The summed E-state index contributed by atoms with van der Waals surface area (Å²) in [6, 6.07) is 0. The summed E-state index contributed by atoms with van der Waals surface area (Å²) in [5.41, 5.74) is 7.86. The van der Waals surface area contributed by atoms with Crippen molar-refractivity contribution in [1.29, 1.82) is 0 Å². The predicted octanol–water partition coefficient (Wildman–Crippen LogP) is 1.34. The second-order valence-electron chi connectivity index (χ2n) is 3.43. The van der Waals surface area contributed by atoms with Crippen LogP contribution in [-0.2, 0) is 19.1 Å². The highest BCUT2D eigenvalue weighted by molar-refractivity contribution is 6.60. The van der Waals surface area contributed by atoms with Crippen molar-refractivity contribution in [3.63, 3.8) is 0 Å². The highest BCUT2D eigenvalue weighted by Gasteiger charge is 2.33. The molecular formula is C11H18N2O4. The van der Waals surface area contributed by atoms with Crippen molar-refractivity contribution < 1.29 is 23.9 Å². The summed E-state index contributed by atoms with van der Waals surface area (Å²) in [6.45, 7) is 4.26. The lowest BCUT2D eigenvalue weighted by molar-refractivity contribution is -0.149. The van der Waals surface area contributed by atoms with Crippen LogP contribution in [0.15, 0.2) is 0 Å². The molecule has 0 saturated carbocycles. The van der Waals surface area contributed by atoms with Crippen molar-refractivity contribution in [2.75, 3.05) is 13.2 Å². The van der Waals surface area contributed by atoms with E-state index in [4.69, 9.17) is 15.0 Å². The smallest absolute Gasteiger partial charge is 0.457 e. The molecule has 0 atom stereocenters. The van der Waals surface area contributed by atoms with Gasteiger partial charge < -0.3 is 15.0 Å². The first-order valence-corrected chi connectivity index (χ1v) is 5.73. The van der Waals surface area contributed by atoms with Crippen molar-refractivity contribution >= 4 is 17.7 Å². The lowest BCUT2D eigenvalue weighted by Gasteiger charge is -2.01. The van der Waals surface area contributed by atoms with Crippen LogP contribution in [0.3, 0.4) is 0 Å². The van der Waals surface area contributed by atoms with E-state index in [0.29, 0.717) is 12.8 Å². The molecule has 0 saturated heterocycles. The first-order chi connectivity index (χ1) is 8.17. The first kappa shape index (κ1) is 15.3. The summed E-state index contributed by atoms with van der Waals surface area (Å²) < 4.78 is 9.46. The van der Waals surface area contributed by atoms with E-state index in [0.717, 1.165) is 12.8 Å². The second-order valence-corrected chi connectivity index (χ2v) is 3.43. The van der Waals surface area contributed by atoms with Crippen LogP contribution in [0.25, 0.3) is 5.53 Å². The highest BCUT2D eigenvalue weighted by Crippen LogP contribution is 1.94. The van der Waals surface area contributed by atoms with E-state index >= 15 is 0 Å². The molecule has 0 amide bonds. The summed E-state index contributed by atoms with van der Waals surface area (Å²) in [6.07, 6.45) is 3.10. The van der Waals surface area contributed by atoms with E-state index in [1.807, 2.05) is 13.8 Å². The predicted molar refractivity (Wildman–Crippen MR) is 60.4 cm³/mol. The Morgan fingerprint density at radius 2 is 1.41 bits per heavy atom. The molecule has 0 aromatic rings. The molecule has 0 aromatic heterocycles. The number of hydrogen-bond acceptors (Lipinski definition) is 4. The fraction of sp³-hybridized carbons (Fsp3) is 0.727. The van der Waals surface area contributed by atoms with Gasteiger partial charge in [0.1, 0.15) is 0 Å². The number of carbonyl (C=O) groups excluding carboxylic acids is 2. The highest BCUT2D eigenvalue weighted by atomic mass is 16.6. The number of rotatable bonds is 8. The van der Waals surface area contributed by atoms with Crippen molar-refractivity contribution in [2.24, 2.45) is 0 Å². The van der Waals surface area contributed by atoms with Crippen molar-refractivity contribution in [3.05, 3.63) is 5.53 Å². The van der Waals surface area contributed by atoms with Crippen LogP contribution in [0.1, 0.15) is 39.5 Å². The maximum atomic E-state index is 11.3. The van der Waals surface area contributed by atoms with Gasteiger partial charge in [-0.2, -0.15) is 4.79 Å². The van der Waals surface area contributed by atoms with Crippen molar-refractivity contribution in [2.45, 2.75) is 39.5 Å². The Kier molecular flexibility index (Phi) is 8.60. The van der Waals surface area contributed by atoms with Gasteiger partial charge in [0.05, 0.1) is 13.2 Å². The molecule has 96 valence electrons. The van der Waals surface area contributed by atoms with Crippen LogP contribution < -0.4 is 0 Å². The molecule has 0 radical (unpaired) electrons. The Hall–Kier alpha value is -1.68. The maximum Gasteiger partial charge on any atom is 0.482 e. The third kappa shape index (κ3) is 6.48. The summed E-state index contributed by atoms with van der Waals surface area (Å²) in [5, 5.41) is 0. The normalized spacial score (nSPS) is 9.29. The lowest BCUT2D eigenvalue weighted by atomic mass is 10.3. The largest absolute Gasteiger partial charge is 0.482 e. The number of ether oxygens (including phenoxy) is 2. The summed E-state index contributed by atoms with van der Waals surface area (Å²) in [7, 11) is 0. The van der Waals surface area contributed by atoms with Crippen molar-refractivity contribution in [3.8, 4) is 0 Å². The molecule has 0 aliphatic rings. The van der Waals surface area contributed by atoms with Crippen LogP contribution in [0.2, 0.25) is 0 Å². The Morgan fingerprint density at radius 1 is 1.00 bits per heavy atom. The fourth-order valence-electron chi connectivity index (χ4n) is 0.920. The van der Waals surface area contributed by atoms with Crippen LogP contribution in [-0.4, -0.2) is 35.7 Å². The van der Waals surface area contributed by atoms with E-state index in [1.54, 1.807) is 0 Å². The number of hydrogen-bond donors (Lipinski definition) is 0. The third-order valence-corrected chi connectivity index (χ3v) is 1.95. The van der Waals surface area contributed by atoms with Crippen molar-refractivity contribution in [1.82, 2.24) is 0 Å². The van der Waals surface area contributed by atoms with E-state index in [1.165, 1.54) is 0 Å². The summed E-state index contributed by atoms with van der Waals surface area (Å²) >= 11 is 0. The molecule has 0 aliphatic carbocycles. The molecule has 6 heteroatoms. The van der Waals surface area contributed by atoms with Gasteiger partial charge in [-0.15, -0.1) is 0 Å². The number of carbonyl (C=O) groups is 2. The molecule has 0 bridgehead atoms. The van der Waals surface area contributed by atoms with Gasteiger partial charge in [-0.1, -0.05) is 26.7 Å². The quantitative estimate of drug-likeness (QED) is 0.160. The topological polar surface area (TPSA) is 89.0 Å². The van der Waals surface area contributed by atoms with E-state index < -0.39 is 17.7 Å². The fourth-order valence-corrected chi connectivity index (χ4v) is 0.920. The standard InChI is InChI=1S/C11H18N2O4/c1-3-5-7-16-10(14)9(13-12)11(15)17-8-6-4-2/h3-8H2,1-2H3. The SMILES string of the molecule is CCCCOC(=O)C(=[N+]=[N-])C(=O)OCCCC. The minimum absolute atomic E-state index is 0.191. The Morgan fingerprint density at radius 3 is 1.71 bits per heavy atom. The zero-order chi connectivity index (χ0) is 13.1. The van der Waals surface area contributed by atoms with Crippen LogP contribution in [0.4, 0.5) is 0 Å². The van der Waals surface area contributed by atoms with Gasteiger partial charge in [-0.3, -0.25) is 0 Å². The van der Waals surface area contributed by atoms with Gasteiger partial charge in [-0.25, -0.2) is 9.59 Å². The molecule has 0 rings (SSSR count). The third-order valence-electron chi connectivity index (χ3n) is 1.95. The Balaban J connectivity index is 4.18. The molecule has 0 fully saturated rings. The molecule has 6 nitrogen and oxygen atoms in total. The minimum atomic E-state index is -0.956. The number of unbranched alkanes of at least 4 members (excludes halogenated alkanes) is 2. The Labute approximate surface area is 101 Å². The van der Waals surface area contributed by atoms with Gasteiger partial charge >= 0.3 is 17.7 Å². The zero-order valence-electron chi connectivity index (χ0n) is 10.3. The van der Waals surface area contributed by atoms with Crippen LogP contribution in [0.5, 0.6) is 0 Å². The van der Waals surface area contributed by atoms with E-state index in [2.05, 4.69) is 4.79 Å². The molecule has 0 spiro atoms. The monoisotopic (exact) mass is 242 g/mol. The zero-order valence-corrected chi connectivity index (χ0v) is 10.3. The van der Waals surface area contributed by atoms with Gasteiger partial charge in [0, 0.05) is 0 Å². The lowest BCUT2D eigenvalue weighted by Crippen LogP contribution is -2.29. The van der Waals surface area contributed by atoms with Crippen LogP contribution >= 0.6 is 0 Å². The van der Waals surface area contributed by atoms with Gasteiger partial charge in [-0.05, 0) is 12.8 Å². The van der Waals surface area contributed by atoms with E-state index in [9.17, 15) is 9.59 Å². The van der Waals surface area contributed by atoms with Crippen LogP contribution in [0, 0.1) is 0 Å². The first-order valence-electron chi connectivity index (χ1n) is 5.73. The van der Waals surface area contributed by atoms with E-state index in [-0.39, 0.29) is 13.2 Å². The average molecular weight is 242 g/mol. The molecule has 0 unspecified atom stereocenters.